The van der Waals surface area contributed by atoms with Crippen LogP contribution in [0.25, 0.3) is 0 Å². The van der Waals surface area contributed by atoms with E-state index >= 15 is 0 Å². The molecule has 0 saturated carbocycles. The highest BCUT2D eigenvalue weighted by molar-refractivity contribution is 7.15. The van der Waals surface area contributed by atoms with Crippen LogP contribution in [0.15, 0.2) is 12.7 Å². The number of carbonyl (C=O) groups excluding carboxylic acids is 1. The number of rotatable bonds is 6. The molecule has 2 N–H and O–H groups in total. The fourth-order valence-electron chi connectivity index (χ4n) is 4.91. The molecule has 4 atom stereocenters. The molecule has 5 rings (SSSR count). The van der Waals surface area contributed by atoms with Gasteiger partial charge in [0.2, 0.25) is 11.0 Å². The van der Waals surface area contributed by atoms with E-state index in [0.29, 0.717) is 31.3 Å². The number of aryl methyl sites for hydroxylation is 2. The van der Waals surface area contributed by atoms with E-state index in [0.717, 1.165) is 36.1 Å². The van der Waals surface area contributed by atoms with E-state index in [2.05, 4.69) is 30.6 Å². The highest BCUT2D eigenvalue weighted by Gasteiger charge is 2.63. The summed E-state index contributed by atoms with van der Waals surface area (Å²) in [5.41, 5.74) is -0.0673. The predicted octanol–water partition coefficient (Wildman–Crippen LogP) is 0.329. The second-order valence-corrected chi connectivity index (χ2v) is 9.03. The standard InChI is InChI=1S/C17H23N7O2S.CH2O2/c1-11-21-22-16(27-11)24-7-13-12(14-2-4-17(13,8-24)26-14)6-18-15(25)3-5-23-9-19-20-10-23;2-1-3/h9-10,12-14H,2-8H2,1H3,(H,18,25);1H,(H,2,3)/t12-,13+,14+,17+;/m0./s1. The number of amides is 1. The molecule has 3 aliphatic rings. The van der Waals surface area contributed by atoms with Crippen molar-refractivity contribution in [2.24, 2.45) is 11.8 Å². The summed E-state index contributed by atoms with van der Waals surface area (Å²) in [4.78, 5) is 22.9. The number of nitrogens with one attached hydrogen (secondary N) is 1. The van der Waals surface area contributed by atoms with Gasteiger partial charge in [-0.25, -0.2) is 0 Å². The second kappa shape index (κ2) is 8.64. The summed E-state index contributed by atoms with van der Waals surface area (Å²) in [7, 11) is 0. The van der Waals surface area contributed by atoms with Crippen molar-refractivity contribution in [3.05, 3.63) is 17.7 Å². The summed E-state index contributed by atoms with van der Waals surface area (Å²) in [6.45, 7) is 4.84. The molecule has 0 radical (unpaired) electrons. The average molecular weight is 436 g/mol. The number of carbonyl (C=O) groups is 2. The molecule has 3 fully saturated rings. The molecule has 5 heterocycles. The number of hydrogen-bond donors (Lipinski definition) is 2. The molecule has 0 aromatic carbocycles. The normalized spacial score (nSPS) is 28.7. The van der Waals surface area contributed by atoms with Crippen LogP contribution in [0.3, 0.4) is 0 Å². The van der Waals surface area contributed by atoms with Gasteiger partial charge in [0.15, 0.2) is 0 Å². The zero-order valence-corrected chi connectivity index (χ0v) is 17.5. The number of nitrogens with zero attached hydrogens (tertiary/aromatic N) is 6. The van der Waals surface area contributed by atoms with Gasteiger partial charge in [-0.1, -0.05) is 11.3 Å². The first-order valence-corrected chi connectivity index (χ1v) is 10.8. The summed E-state index contributed by atoms with van der Waals surface area (Å²) in [6.07, 6.45) is 6.15. The van der Waals surface area contributed by atoms with Crippen molar-refractivity contribution in [2.75, 3.05) is 24.5 Å². The molecular weight excluding hydrogens is 410 g/mol. The number of carboxylic acid groups (broad SMARTS) is 1. The molecule has 3 aliphatic heterocycles. The molecule has 2 aromatic rings. The SMILES string of the molecule is Cc1nnc(N2C[C@@H]3[C@H](CNC(=O)CCn4cnnc4)[C@H]4CC[C@]3(C2)O4)s1.O=CO. The zero-order valence-electron chi connectivity index (χ0n) is 16.7. The lowest BCUT2D eigenvalue weighted by Crippen LogP contribution is -2.42. The van der Waals surface area contributed by atoms with Crippen LogP contribution in [0.5, 0.6) is 0 Å². The third kappa shape index (κ3) is 4.01. The summed E-state index contributed by atoms with van der Waals surface area (Å²) in [5.74, 6) is 0.880. The van der Waals surface area contributed by atoms with Crippen molar-refractivity contribution in [2.45, 2.75) is 44.4 Å². The Morgan fingerprint density at radius 3 is 2.90 bits per heavy atom. The quantitative estimate of drug-likeness (QED) is 0.615. The first-order chi connectivity index (χ1) is 14.5. The van der Waals surface area contributed by atoms with Crippen LogP contribution in [0.2, 0.25) is 0 Å². The third-order valence-corrected chi connectivity index (χ3v) is 7.07. The Labute approximate surface area is 177 Å². The van der Waals surface area contributed by atoms with Gasteiger partial charge in [0.1, 0.15) is 17.7 Å². The number of ether oxygens (including phenoxy) is 1. The Morgan fingerprint density at radius 2 is 2.20 bits per heavy atom. The molecular formula is C18H25N7O4S. The van der Waals surface area contributed by atoms with Crippen molar-refractivity contribution in [3.63, 3.8) is 0 Å². The van der Waals surface area contributed by atoms with Gasteiger partial charge in [0, 0.05) is 44.4 Å². The van der Waals surface area contributed by atoms with Gasteiger partial charge in [-0.3, -0.25) is 9.59 Å². The highest BCUT2D eigenvalue weighted by Crippen LogP contribution is 2.55. The minimum absolute atomic E-state index is 0.0649. The molecule has 30 heavy (non-hydrogen) atoms. The van der Waals surface area contributed by atoms with Crippen LogP contribution >= 0.6 is 11.3 Å². The lowest BCUT2D eigenvalue weighted by molar-refractivity contribution is -0.123. The topological polar surface area (TPSA) is 135 Å². The number of aromatic nitrogens is 5. The van der Waals surface area contributed by atoms with Gasteiger partial charge in [-0.2, -0.15) is 0 Å². The molecule has 12 heteroatoms. The summed E-state index contributed by atoms with van der Waals surface area (Å²) >= 11 is 1.64. The van der Waals surface area contributed by atoms with E-state index in [1.807, 2.05) is 11.5 Å². The molecule has 0 unspecified atom stereocenters. The van der Waals surface area contributed by atoms with Crippen molar-refractivity contribution in [1.82, 2.24) is 30.3 Å². The van der Waals surface area contributed by atoms with Crippen molar-refractivity contribution < 1.29 is 19.4 Å². The second-order valence-electron chi connectivity index (χ2n) is 7.87. The van der Waals surface area contributed by atoms with Gasteiger partial charge >= 0.3 is 0 Å². The van der Waals surface area contributed by atoms with E-state index in [-0.39, 0.29) is 24.1 Å². The predicted molar refractivity (Wildman–Crippen MR) is 107 cm³/mol. The fraction of sp³-hybridized carbons (Fsp3) is 0.667. The lowest BCUT2D eigenvalue weighted by atomic mass is 9.73. The Bertz CT molecular complexity index is 876. The first kappa shape index (κ1) is 20.7. The Morgan fingerprint density at radius 1 is 1.43 bits per heavy atom. The minimum Gasteiger partial charge on any atom is -0.483 e. The Balaban J connectivity index is 0.000000687. The highest BCUT2D eigenvalue weighted by atomic mass is 32.1. The van der Waals surface area contributed by atoms with Crippen LogP contribution in [0.4, 0.5) is 5.13 Å². The lowest BCUT2D eigenvalue weighted by Gasteiger charge is -2.29. The largest absolute Gasteiger partial charge is 0.483 e. The van der Waals surface area contributed by atoms with E-state index in [1.165, 1.54) is 0 Å². The maximum absolute atomic E-state index is 12.2. The summed E-state index contributed by atoms with van der Waals surface area (Å²) in [6, 6.07) is 0. The Hall–Kier alpha value is -2.60. The van der Waals surface area contributed by atoms with Gasteiger partial charge in [-0.05, 0) is 19.8 Å². The molecule has 2 aromatic heterocycles. The maximum atomic E-state index is 12.2. The van der Waals surface area contributed by atoms with E-state index in [1.54, 1.807) is 24.0 Å². The third-order valence-electron chi connectivity index (χ3n) is 6.17. The van der Waals surface area contributed by atoms with Gasteiger partial charge in [0.25, 0.3) is 6.47 Å². The molecule has 11 nitrogen and oxygen atoms in total. The molecule has 2 bridgehead atoms. The molecule has 1 amide bonds. The van der Waals surface area contributed by atoms with Crippen molar-refractivity contribution in [3.8, 4) is 0 Å². The van der Waals surface area contributed by atoms with Crippen LogP contribution in [-0.2, 0) is 20.9 Å². The Kier molecular flexibility index (Phi) is 5.95. The summed E-state index contributed by atoms with van der Waals surface area (Å²) < 4.78 is 8.26. The fourth-order valence-corrected chi connectivity index (χ4v) is 5.61. The van der Waals surface area contributed by atoms with Crippen LogP contribution < -0.4 is 10.2 Å². The van der Waals surface area contributed by atoms with E-state index in [9.17, 15) is 4.79 Å². The van der Waals surface area contributed by atoms with Crippen molar-refractivity contribution >= 4 is 28.8 Å². The van der Waals surface area contributed by atoms with Gasteiger partial charge in [-0.15, -0.1) is 20.4 Å². The molecule has 162 valence electrons. The number of hydrogen-bond acceptors (Lipinski definition) is 9. The van der Waals surface area contributed by atoms with E-state index in [4.69, 9.17) is 14.6 Å². The molecule has 3 saturated heterocycles. The van der Waals surface area contributed by atoms with E-state index < -0.39 is 0 Å². The number of fused-ring (bicyclic) bond motifs is 1. The monoisotopic (exact) mass is 435 g/mol. The minimum atomic E-state index is -0.250. The van der Waals surface area contributed by atoms with Crippen molar-refractivity contribution in [1.29, 1.82) is 0 Å². The van der Waals surface area contributed by atoms with Crippen LogP contribution in [0, 0.1) is 18.8 Å². The first-order valence-electron chi connectivity index (χ1n) is 9.94. The molecule has 0 aliphatic carbocycles. The maximum Gasteiger partial charge on any atom is 0.290 e. The summed E-state index contributed by atoms with van der Waals surface area (Å²) in [5, 5.41) is 28.0. The van der Waals surface area contributed by atoms with Crippen LogP contribution in [0.1, 0.15) is 24.3 Å². The zero-order chi connectivity index (χ0) is 21.1. The van der Waals surface area contributed by atoms with Gasteiger partial charge in [0.05, 0.1) is 11.7 Å². The van der Waals surface area contributed by atoms with Crippen LogP contribution in [-0.4, -0.2) is 73.8 Å². The van der Waals surface area contributed by atoms with Gasteiger partial charge < -0.3 is 24.6 Å². The molecule has 1 spiro atoms. The number of anilines is 1. The average Bonchev–Trinajstić information content (AvgIpc) is 3.51. The smallest absolute Gasteiger partial charge is 0.290 e.